The highest BCUT2D eigenvalue weighted by Crippen LogP contribution is 2.29. The van der Waals surface area contributed by atoms with Gasteiger partial charge in [0.1, 0.15) is 0 Å². The molecule has 1 atom stereocenters. The predicted octanol–water partition coefficient (Wildman–Crippen LogP) is 3.48. The van der Waals surface area contributed by atoms with E-state index in [1.54, 1.807) is 12.1 Å². The summed E-state index contributed by atoms with van der Waals surface area (Å²) in [5.74, 6) is 5.70. The van der Waals surface area contributed by atoms with E-state index in [-0.39, 0.29) is 6.04 Å². The van der Waals surface area contributed by atoms with Crippen molar-refractivity contribution in [2.75, 3.05) is 0 Å². The van der Waals surface area contributed by atoms with Gasteiger partial charge in [0.2, 0.25) is 0 Å². The van der Waals surface area contributed by atoms with Crippen LogP contribution in [0.15, 0.2) is 18.2 Å². The summed E-state index contributed by atoms with van der Waals surface area (Å²) >= 11 is 12.3. The van der Waals surface area contributed by atoms with Gasteiger partial charge >= 0.3 is 0 Å². The summed E-state index contributed by atoms with van der Waals surface area (Å²) in [6.45, 7) is 4.10. The van der Waals surface area contributed by atoms with Gasteiger partial charge in [0, 0.05) is 28.8 Å². The van der Waals surface area contributed by atoms with Crippen molar-refractivity contribution in [2.45, 2.75) is 32.7 Å². The number of nitrogens with one attached hydrogen (secondary N) is 1. The Labute approximate surface area is 135 Å². The molecule has 21 heavy (non-hydrogen) atoms. The normalized spacial score (nSPS) is 12.7. The van der Waals surface area contributed by atoms with Crippen LogP contribution in [0.1, 0.15) is 35.0 Å². The topological polar surface area (TPSA) is 55.9 Å². The first-order valence-corrected chi connectivity index (χ1v) is 7.59. The summed E-state index contributed by atoms with van der Waals surface area (Å²) in [6, 6.07) is 5.38. The number of hydrazine groups is 1. The van der Waals surface area contributed by atoms with Crippen LogP contribution in [0.25, 0.3) is 0 Å². The number of nitrogens with zero attached hydrogens (tertiary/aromatic N) is 2. The second kappa shape index (κ2) is 6.79. The first-order valence-electron chi connectivity index (χ1n) is 6.84. The van der Waals surface area contributed by atoms with E-state index in [9.17, 15) is 0 Å². The van der Waals surface area contributed by atoms with Crippen molar-refractivity contribution in [3.8, 4) is 0 Å². The standard InChI is InChI=1S/C15H20Cl2N4/c1-9-12(10(2)21(3)20-9)5-7-15(19-18)13-8-11(16)4-6-14(13)17/h4,6,8,15,19H,5,7,18H2,1-3H3. The lowest BCUT2D eigenvalue weighted by molar-refractivity contribution is 0.515. The minimum atomic E-state index is -0.0461. The molecule has 1 aromatic heterocycles. The third kappa shape index (κ3) is 3.58. The number of hydrogen-bond donors (Lipinski definition) is 2. The Hall–Kier alpha value is -1.07. The summed E-state index contributed by atoms with van der Waals surface area (Å²) in [4.78, 5) is 0. The highest BCUT2D eigenvalue weighted by atomic mass is 35.5. The van der Waals surface area contributed by atoms with E-state index in [2.05, 4.69) is 17.4 Å². The third-order valence-corrected chi connectivity index (χ3v) is 4.46. The molecule has 2 rings (SSSR count). The van der Waals surface area contributed by atoms with Gasteiger partial charge in [-0.05, 0) is 56.0 Å². The number of benzene rings is 1. The summed E-state index contributed by atoms with van der Waals surface area (Å²) in [5, 5.41) is 5.76. The van der Waals surface area contributed by atoms with Crippen LogP contribution in [-0.2, 0) is 13.5 Å². The predicted molar refractivity (Wildman–Crippen MR) is 87.5 cm³/mol. The maximum Gasteiger partial charge on any atom is 0.0628 e. The number of halogens is 2. The fraction of sp³-hybridized carbons (Fsp3) is 0.400. The highest BCUT2D eigenvalue weighted by Gasteiger charge is 2.16. The van der Waals surface area contributed by atoms with Gasteiger partial charge in [0.15, 0.2) is 0 Å². The molecule has 1 heterocycles. The SMILES string of the molecule is Cc1nn(C)c(C)c1CCC(NN)c1cc(Cl)ccc1Cl. The largest absolute Gasteiger partial charge is 0.272 e. The Kier molecular flexibility index (Phi) is 5.27. The van der Waals surface area contributed by atoms with Gasteiger partial charge in [0.25, 0.3) is 0 Å². The van der Waals surface area contributed by atoms with Crippen molar-refractivity contribution in [3.05, 3.63) is 50.8 Å². The van der Waals surface area contributed by atoms with Gasteiger partial charge in [0.05, 0.1) is 5.69 Å². The van der Waals surface area contributed by atoms with Gasteiger partial charge < -0.3 is 0 Å². The van der Waals surface area contributed by atoms with E-state index >= 15 is 0 Å². The summed E-state index contributed by atoms with van der Waals surface area (Å²) < 4.78 is 1.90. The van der Waals surface area contributed by atoms with Crippen molar-refractivity contribution in [1.29, 1.82) is 0 Å². The fourth-order valence-corrected chi connectivity index (χ4v) is 3.01. The zero-order valence-electron chi connectivity index (χ0n) is 12.5. The molecule has 3 N–H and O–H groups in total. The zero-order chi connectivity index (χ0) is 15.6. The zero-order valence-corrected chi connectivity index (χ0v) is 14.0. The van der Waals surface area contributed by atoms with Gasteiger partial charge in [-0.15, -0.1) is 0 Å². The lowest BCUT2D eigenvalue weighted by Crippen LogP contribution is -2.28. The maximum atomic E-state index is 6.25. The summed E-state index contributed by atoms with van der Waals surface area (Å²) in [5.41, 5.74) is 7.25. The number of aromatic nitrogens is 2. The van der Waals surface area contributed by atoms with Crippen LogP contribution < -0.4 is 11.3 Å². The summed E-state index contributed by atoms with van der Waals surface area (Å²) in [6.07, 6.45) is 1.70. The molecule has 2 aromatic rings. The van der Waals surface area contributed by atoms with Crippen LogP contribution in [0.2, 0.25) is 10.0 Å². The molecular formula is C15H20Cl2N4. The van der Waals surface area contributed by atoms with Crippen LogP contribution in [0.4, 0.5) is 0 Å². The number of nitrogens with two attached hydrogens (primary N) is 1. The second-order valence-electron chi connectivity index (χ2n) is 5.20. The quantitative estimate of drug-likeness (QED) is 0.653. The molecule has 0 aliphatic heterocycles. The Morgan fingerprint density at radius 2 is 2.05 bits per heavy atom. The number of rotatable bonds is 5. The smallest absolute Gasteiger partial charge is 0.0628 e. The molecular weight excluding hydrogens is 307 g/mol. The Morgan fingerprint density at radius 3 is 2.62 bits per heavy atom. The molecule has 0 saturated carbocycles. The lowest BCUT2D eigenvalue weighted by atomic mass is 9.98. The minimum absolute atomic E-state index is 0.0461. The molecule has 0 aliphatic carbocycles. The van der Waals surface area contributed by atoms with Gasteiger partial charge in [-0.2, -0.15) is 5.10 Å². The molecule has 0 spiro atoms. The minimum Gasteiger partial charge on any atom is -0.272 e. The van der Waals surface area contributed by atoms with E-state index in [0.29, 0.717) is 10.0 Å². The molecule has 1 aromatic carbocycles. The Morgan fingerprint density at radius 1 is 1.33 bits per heavy atom. The Balaban J connectivity index is 2.18. The van der Waals surface area contributed by atoms with E-state index in [4.69, 9.17) is 29.0 Å². The van der Waals surface area contributed by atoms with Crippen LogP contribution >= 0.6 is 23.2 Å². The highest BCUT2D eigenvalue weighted by molar-refractivity contribution is 6.33. The summed E-state index contributed by atoms with van der Waals surface area (Å²) in [7, 11) is 1.96. The van der Waals surface area contributed by atoms with Gasteiger partial charge in [-0.1, -0.05) is 23.2 Å². The first kappa shape index (κ1) is 16.3. The van der Waals surface area contributed by atoms with Crippen LogP contribution in [0.3, 0.4) is 0 Å². The van der Waals surface area contributed by atoms with Crippen molar-refractivity contribution in [3.63, 3.8) is 0 Å². The maximum absolute atomic E-state index is 6.25. The number of hydrogen-bond acceptors (Lipinski definition) is 3. The molecule has 0 fully saturated rings. The monoisotopic (exact) mass is 326 g/mol. The molecule has 0 aliphatic rings. The molecule has 114 valence electrons. The first-order chi connectivity index (χ1) is 9.93. The van der Waals surface area contributed by atoms with E-state index in [1.165, 1.54) is 11.3 Å². The van der Waals surface area contributed by atoms with Crippen LogP contribution in [0.5, 0.6) is 0 Å². The fourth-order valence-electron chi connectivity index (χ4n) is 2.58. The molecule has 0 saturated heterocycles. The van der Waals surface area contributed by atoms with Crippen molar-refractivity contribution < 1.29 is 0 Å². The van der Waals surface area contributed by atoms with E-state index in [1.807, 2.05) is 24.7 Å². The molecule has 0 amide bonds. The van der Waals surface area contributed by atoms with Crippen LogP contribution in [-0.4, -0.2) is 9.78 Å². The molecule has 4 nitrogen and oxygen atoms in total. The lowest BCUT2D eigenvalue weighted by Gasteiger charge is -2.18. The van der Waals surface area contributed by atoms with E-state index < -0.39 is 0 Å². The molecule has 1 unspecified atom stereocenters. The average Bonchev–Trinajstić information content (AvgIpc) is 2.69. The second-order valence-corrected chi connectivity index (χ2v) is 6.04. The third-order valence-electron chi connectivity index (χ3n) is 3.88. The molecule has 0 bridgehead atoms. The van der Waals surface area contributed by atoms with Crippen molar-refractivity contribution in [2.24, 2.45) is 12.9 Å². The molecule has 0 radical (unpaired) electrons. The van der Waals surface area contributed by atoms with Gasteiger partial charge in [-0.3, -0.25) is 16.0 Å². The van der Waals surface area contributed by atoms with Crippen molar-refractivity contribution in [1.82, 2.24) is 15.2 Å². The molecule has 6 heteroatoms. The van der Waals surface area contributed by atoms with Crippen LogP contribution in [0, 0.1) is 13.8 Å². The van der Waals surface area contributed by atoms with Gasteiger partial charge in [-0.25, -0.2) is 0 Å². The average molecular weight is 327 g/mol. The van der Waals surface area contributed by atoms with Crippen molar-refractivity contribution >= 4 is 23.2 Å². The van der Waals surface area contributed by atoms with E-state index in [0.717, 1.165) is 24.1 Å². The number of aryl methyl sites for hydroxylation is 2. The Bertz CT molecular complexity index is 637.